The van der Waals surface area contributed by atoms with Gasteiger partial charge in [0.15, 0.2) is 0 Å². The number of rotatable bonds is 5. The van der Waals surface area contributed by atoms with Crippen LogP contribution in [-0.4, -0.2) is 40.9 Å². The first-order valence-electron chi connectivity index (χ1n) is 8.19. The van der Waals surface area contributed by atoms with E-state index in [0.717, 1.165) is 31.5 Å². The van der Waals surface area contributed by atoms with Crippen molar-refractivity contribution in [3.8, 4) is 0 Å². The van der Waals surface area contributed by atoms with Crippen molar-refractivity contribution >= 4 is 11.6 Å². The molecular formula is C17H22N4O3. The fraction of sp³-hybridized carbons (Fsp3) is 0.471. The van der Waals surface area contributed by atoms with E-state index in [2.05, 4.69) is 32.5 Å². The number of aryl methyl sites for hydroxylation is 1. The van der Waals surface area contributed by atoms with Gasteiger partial charge < -0.3 is 19.8 Å². The molecule has 7 nitrogen and oxygen atoms in total. The van der Waals surface area contributed by atoms with Crippen LogP contribution in [0, 0.1) is 12.8 Å². The number of hydrogen-bond donors (Lipinski definition) is 2. The van der Waals surface area contributed by atoms with E-state index in [9.17, 15) is 9.90 Å². The molecule has 0 aliphatic carbocycles. The van der Waals surface area contributed by atoms with Crippen molar-refractivity contribution in [3.63, 3.8) is 0 Å². The van der Waals surface area contributed by atoms with Gasteiger partial charge in [0.25, 0.3) is 11.7 Å². The molecule has 0 radical (unpaired) electrons. The number of amides is 1. The maximum atomic E-state index is 11.9. The van der Waals surface area contributed by atoms with E-state index in [-0.39, 0.29) is 18.3 Å². The molecule has 2 heterocycles. The van der Waals surface area contributed by atoms with Gasteiger partial charge in [0.05, 0.1) is 0 Å². The van der Waals surface area contributed by atoms with Gasteiger partial charge in [-0.3, -0.25) is 4.79 Å². The predicted octanol–water partition coefficient (Wildman–Crippen LogP) is 1.52. The Morgan fingerprint density at radius 1 is 1.33 bits per heavy atom. The lowest BCUT2D eigenvalue weighted by Gasteiger charge is -2.33. The van der Waals surface area contributed by atoms with Gasteiger partial charge in [-0.25, -0.2) is 0 Å². The highest BCUT2D eigenvalue weighted by molar-refractivity contribution is 5.90. The molecule has 0 unspecified atom stereocenters. The molecule has 3 rings (SSSR count). The zero-order valence-corrected chi connectivity index (χ0v) is 13.7. The number of aliphatic hydroxyl groups is 1. The third kappa shape index (κ3) is 3.91. The van der Waals surface area contributed by atoms with E-state index in [1.165, 1.54) is 5.69 Å². The molecule has 0 spiro atoms. The second kappa shape index (κ2) is 7.44. The largest absolute Gasteiger partial charge is 0.396 e. The zero-order valence-electron chi connectivity index (χ0n) is 13.7. The lowest BCUT2D eigenvalue weighted by Crippen LogP contribution is -2.34. The van der Waals surface area contributed by atoms with Gasteiger partial charge in [0, 0.05) is 38.9 Å². The normalized spacial score (nSPS) is 15.5. The minimum absolute atomic E-state index is 0.0517. The highest BCUT2D eigenvalue weighted by Gasteiger charge is 2.18. The van der Waals surface area contributed by atoms with Crippen LogP contribution >= 0.6 is 0 Å². The monoisotopic (exact) mass is 330 g/mol. The molecule has 24 heavy (non-hydrogen) atoms. The van der Waals surface area contributed by atoms with Crippen LogP contribution in [-0.2, 0) is 6.54 Å². The summed E-state index contributed by atoms with van der Waals surface area (Å²) in [5.41, 5.74) is 2.19. The van der Waals surface area contributed by atoms with Gasteiger partial charge in [-0.15, -0.1) is 0 Å². The number of piperidine rings is 1. The molecular weight excluding hydrogens is 308 g/mol. The van der Waals surface area contributed by atoms with E-state index in [0.29, 0.717) is 18.4 Å². The molecule has 128 valence electrons. The lowest BCUT2D eigenvalue weighted by molar-refractivity contribution is 0.0937. The highest BCUT2D eigenvalue weighted by atomic mass is 16.5. The minimum atomic E-state index is -0.345. The molecule has 0 atom stereocenters. The third-order valence-corrected chi connectivity index (χ3v) is 4.36. The van der Waals surface area contributed by atoms with Crippen LogP contribution in [0.1, 0.15) is 34.9 Å². The third-order valence-electron chi connectivity index (χ3n) is 4.36. The molecule has 0 saturated carbocycles. The minimum Gasteiger partial charge on any atom is -0.396 e. The number of hydrogen-bond acceptors (Lipinski definition) is 6. The fourth-order valence-electron chi connectivity index (χ4n) is 2.85. The number of nitrogens with one attached hydrogen (secondary N) is 1. The molecule has 1 aliphatic rings. The Bertz CT molecular complexity index is 675. The molecule has 7 heteroatoms. The van der Waals surface area contributed by atoms with Gasteiger partial charge in [-0.05, 0) is 36.5 Å². The highest BCUT2D eigenvalue weighted by Crippen LogP contribution is 2.23. The van der Waals surface area contributed by atoms with E-state index in [1.54, 1.807) is 6.92 Å². The first-order valence-corrected chi connectivity index (χ1v) is 8.19. The van der Waals surface area contributed by atoms with Crippen molar-refractivity contribution in [3.05, 3.63) is 41.5 Å². The first kappa shape index (κ1) is 16.4. The molecule has 1 amide bonds. The summed E-state index contributed by atoms with van der Waals surface area (Å²) in [5.74, 6) is 0.511. The molecule has 0 bridgehead atoms. The Kier molecular flexibility index (Phi) is 5.10. The van der Waals surface area contributed by atoms with Crippen LogP contribution in [0.15, 0.2) is 28.8 Å². The Morgan fingerprint density at radius 3 is 2.62 bits per heavy atom. The summed E-state index contributed by atoms with van der Waals surface area (Å²) in [6.07, 6.45) is 2.05. The van der Waals surface area contributed by atoms with Gasteiger partial charge >= 0.3 is 0 Å². The Hall–Kier alpha value is -2.41. The molecule has 1 fully saturated rings. The predicted molar refractivity (Wildman–Crippen MR) is 88.7 cm³/mol. The quantitative estimate of drug-likeness (QED) is 0.863. The van der Waals surface area contributed by atoms with Crippen LogP contribution in [0.25, 0.3) is 0 Å². The lowest BCUT2D eigenvalue weighted by atomic mass is 9.97. The van der Waals surface area contributed by atoms with Crippen LogP contribution in [0.4, 0.5) is 5.69 Å². The number of carbonyl (C=O) groups is 1. The summed E-state index contributed by atoms with van der Waals surface area (Å²) in [4.78, 5) is 18.1. The van der Waals surface area contributed by atoms with Crippen molar-refractivity contribution in [1.82, 2.24) is 15.5 Å². The van der Waals surface area contributed by atoms with Crippen LogP contribution in [0.5, 0.6) is 0 Å². The summed E-state index contributed by atoms with van der Waals surface area (Å²) in [7, 11) is 0. The summed E-state index contributed by atoms with van der Waals surface area (Å²) in [6, 6.07) is 8.16. The van der Waals surface area contributed by atoms with E-state index in [4.69, 9.17) is 4.52 Å². The summed E-state index contributed by atoms with van der Waals surface area (Å²) < 4.78 is 4.79. The summed E-state index contributed by atoms with van der Waals surface area (Å²) >= 11 is 0. The molecule has 2 N–H and O–H groups in total. The number of nitrogens with zero attached hydrogens (tertiary/aromatic N) is 3. The Labute approximate surface area is 140 Å². The topological polar surface area (TPSA) is 91.5 Å². The molecule has 2 aromatic rings. The average Bonchev–Trinajstić information content (AvgIpc) is 3.07. The smallest absolute Gasteiger partial charge is 0.292 e. The van der Waals surface area contributed by atoms with Crippen molar-refractivity contribution in [2.45, 2.75) is 26.3 Å². The number of benzene rings is 1. The maximum Gasteiger partial charge on any atom is 0.292 e. The standard InChI is InChI=1S/C17H22N4O3/c1-12-19-16(20-24-12)17(23)18-10-13-2-4-15(5-3-13)21-8-6-14(11-22)7-9-21/h2-5,14,22H,6-11H2,1H3,(H,18,23). The average molecular weight is 330 g/mol. The number of carbonyl (C=O) groups excluding carboxylic acids is 1. The number of aliphatic hydroxyl groups excluding tert-OH is 1. The van der Waals surface area contributed by atoms with Crippen molar-refractivity contribution in [1.29, 1.82) is 0 Å². The SMILES string of the molecule is Cc1nc(C(=O)NCc2ccc(N3CCC(CO)CC3)cc2)no1. The van der Waals surface area contributed by atoms with Crippen LogP contribution < -0.4 is 10.2 Å². The zero-order chi connectivity index (χ0) is 16.9. The second-order valence-corrected chi connectivity index (χ2v) is 6.10. The van der Waals surface area contributed by atoms with Gasteiger partial charge in [-0.1, -0.05) is 17.3 Å². The van der Waals surface area contributed by atoms with E-state index in [1.807, 2.05) is 12.1 Å². The van der Waals surface area contributed by atoms with Crippen LogP contribution in [0.3, 0.4) is 0 Å². The molecule has 1 saturated heterocycles. The number of anilines is 1. The Morgan fingerprint density at radius 2 is 2.04 bits per heavy atom. The molecule has 1 aromatic heterocycles. The van der Waals surface area contributed by atoms with Gasteiger partial charge in [-0.2, -0.15) is 4.98 Å². The first-order chi connectivity index (χ1) is 11.7. The van der Waals surface area contributed by atoms with Crippen molar-refractivity contribution in [2.24, 2.45) is 5.92 Å². The van der Waals surface area contributed by atoms with E-state index < -0.39 is 0 Å². The van der Waals surface area contributed by atoms with Gasteiger partial charge in [0.1, 0.15) is 0 Å². The van der Waals surface area contributed by atoms with Gasteiger partial charge in [0.2, 0.25) is 5.89 Å². The number of aromatic nitrogens is 2. The maximum absolute atomic E-state index is 11.9. The van der Waals surface area contributed by atoms with Crippen molar-refractivity contribution < 1.29 is 14.4 Å². The summed E-state index contributed by atoms with van der Waals surface area (Å²) in [6.45, 7) is 4.29. The Balaban J connectivity index is 1.52. The summed E-state index contributed by atoms with van der Waals surface area (Å²) in [5, 5.41) is 15.6. The fourth-order valence-corrected chi connectivity index (χ4v) is 2.85. The van der Waals surface area contributed by atoms with E-state index >= 15 is 0 Å². The van der Waals surface area contributed by atoms with Crippen LogP contribution in [0.2, 0.25) is 0 Å². The second-order valence-electron chi connectivity index (χ2n) is 6.10. The molecule has 1 aromatic carbocycles. The van der Waals surface area contributed by atoms with Crippen molar-refractivity contribution in [2.75, 3.05) is 24.6 Å². The molecule has 1 aliphatic heterocycles.